The SMILES string of the molecule is Cc1ccc(-c2csc(N(C)Cc3ccc(C(=O)NC(C)C(=O)O)cc3)n2)cc1. The van der Waals surface area contributed by atoms with E-state index < -0.39 is 17.9 Å². The summed E-state index contributed by atoms with van der Waals surface area (Å²) in [7, 11) is 1.98. The number of hydrogen-bond acceptors (Lipinski definition) is 5. The lowest BCUT2D eigenvalue weighted by Crippen LogP contribution is -2.38. The van der Waals surface area contributed by atoms with Gasteiger partial charge in [-0.2, -0.15) is 0 Å². The molecule has 0 aliphatic heterocycles. The molecule has 3 aromatic rings. The van der Waals surface area contributed by atoms with E-state index in [-0.39, 0.29) is 0 Å². The lowest BCUT2D eigenvalue weighted by atomic mass is 10.1. The van der Waals surface area contributed by atoms with Crippen LogP contribution < -0.4 is 10.2 Å². The molecule has 0 bridgehead atoms. The van der Waals surface area contributed by atoms with Crippen molar-refractivity contribution in [1.82, 2.24) is 10.3 Å². The minimum absolute atomic E-state index is 0.400. The van der Waals surface area contributed by atoms with E-state index in [1.807, 2.05) is 24.6 Å². The normalized spacial score (nSPS) is 11.7. The molecule has 1 unspecified atom stereocenters. The molecule has 150 valence electrons. The van der Waals surface area contributed by atoms with E-state index >= 15 is 0 Å². The molecule has 0 radical (unpaired) electrons. The number of aromatic nitrogens is 1. The number of nitrogens with zero attached hydrogens (tertiary/aromatic N) is 2. The molecular formula is C22H23N3O3S. The van der Waals surface area contributed by atoms with Crippen LogP contribution in [0.3, 0.4) is 0 Å². The number of anilines is 1. The minimum atomic E-state index is -1.06. The van der Waals surface area contributed by atoms with E-state index in [1.165, 1.54) is 12.5 Å². The molecule has 1 atom stereocenters. The van der Waals surface area contributed by atoms with Crippen molar-refractivity contribution in [1.29, 1.82) is 0 Å². The average Bonchev–Trinajstić information content (AvgIpc) is 3.19. The molecule has 29 heavy (non-hydrogen) atoms. The first kappa shape index (κ1) is 20.5. The molecule has 0 spiro atoms. The third kappa shape index (κ3) is 5.20. The summed E-state index contributed by atoms with van der Waals surface area (Å²) < 4.78 is 0. The van der Waals surface area contributed by atoms with Gasteiger partial charge in [-0.15, -0.1) is 11.3 Å². The standard InChI is InChI=1S/C22H23N3O3S/c1-14-4-8-17(9-5-14)19-13-29-22(24-19)25(3)12-16-6-10-18(11-7-16)20(26)23-15(2)21(27)28/h4-11,13,15H,12H2,1-3H3,(H,23,26)(H,27,28). The molecule has 0 aliphatic rings. The first-order valence-corrected chi connectivity index (χ1v) is 10.1. The minimum Gasteiger partial charge on any atom is -0.480 e. The Bertz CT molecular complexity index is 997. The zero-order chi connectivity index (χ0) is 21.0. The Kier molecular flexibility index (Phi) is 6.29. The number of carbonyl (C=O) groups excluding carboxylic acids is 1. The summed E-state index contributed by atoms with van der Waals surface area (Å²) in [6.45, 7) is 4.14. The molecule has 0 saturated heterocycles. The molecule has 7 heteroatoms. The largest absolute Gasteiger partial charge is 0.480 e. The predicted octanol–water partition coefficient (Wildman–Crippen LogP) is 3.96. The van der Waals surface area contributed by atoms with Crippen LogP contribution in [-0.4, -0.2) is 35.1 Å². The van der Waals surface area contributed by atoms with Gasteiger partial charge in [0.1, 0.15) is 6.04 Å². The Morgan fingerprint density at radius 3 is 2.41 bits per heavy atom. The number of aliphatic carboxylic acids is 1. The highest BCUT2D eigenvalue weighted by atomic mass is 32.1. The van der Waals surface area contributed by atoms with Crippen molar-refractivity contribution in [2.45, 2.75) is 26.4 Å². The van der Waals surface area contributed by atoms with Crippen LogP contribution in [0.1, 0.15) is 28.4 Å². The second kappa shape index (κ2) is 8.87. The Morgan fingerprint density at radius 2 is 1.79 bits per heavy atom. The van der Waals surface area contributed by atoms with Gasteiger partial charge in [0, 0.05) is 30.1 Å². The number of thiazole rings is 1. The van der Waals surface area contributed by atoms with Gasteiger partial charge in [-0.05, 0) is 31.5 Å². The molecule has 0 saturated carbocycles. The second-order valence-electron chi connectivity index (χ2n) is 6.97. The Balaban J connectivity index is 1.63. The van der Waals surface area contributed by atoms with Crippen LogP contribution in [-0.2, 0) is 11.3 Å². The van der Waals surface area contributed by atoms with E-state index in [4.69, 9.17) is 10.1 Å². The van der Waals surface area contributed by atoms with Crippen molar-refractivity contribution >= 4 is 28.3 Å². The van der Waals surface area contributed by atoms with E-state index in [1.54, 1.807) is 23.5 Å². The number of carboxylic acid groups (broad SMARTS) is 1. The summed E-state index contributed by atoms with van der Waals surface area (Å²) in [5, 5.41) is 14.3. The number of carboxylic acids is 1. The molecule has 3 rings (SSSR count). The van der Waals surface area contributed by atoms with Crippen molar-refractivity contribution in [2.24, 2.45) is 0 Å². The number of aryl methyl sites for hydroxylation is 1. The van der Waals surface area contributed by atoms with Gasteiger partial charge in [-0.3, -0.25) is 9.59 Å². The van der Waals surface area contributed by atoms with Crippen molar-refractivity contribution in [3.05, 3.63) is 70.6 Å². The molecule has 2 aromatic carbocycles. The van der Waals surface area contributed by atoms with Gasteiger partial charge in [0.25, 0.3) is 5.91 Å². The smallest absolute Gasteiger partial charge is 0.325 e. The fourth-order valence-corrected chi connectivity index (χ4v) is 3.54. The molecule has 1 aromatic heterocycles. The summed E-state index contributed by atoms with van der Waals surface area (Å²) in [5.74, 6) is -1.47. The van der Waals surface area contributed by atoms with Crippen molar-refractivity contribution in [3.8, 4) is 11.3 Å². The van der Waals surface area contributed by atoms with Crippen LogP contribution in [0.25, 0.3) is 11.3 Å². The lowest BCUT2D eigenvalue weighted by molar-refractivity contribution is -0.138. The van der Waals surface area contributed by atoms with E-state index in [2.05, 4.69) is 41.4 Å². The van der Waals surface area contributed by atoms with Gasteiger partial charge in [0.05, 0.1) is 5.69 Å². The fraction of sp³-hybridized carbons (Fsp3) is 0.227. The van der Waals surface area contributed by atoms with Crippen molar-refractivity contribution in [3.63, 3.8) is 0 Å². The Labute approximate surface area is 173 Å². The third-order valence-corrected chi connectivity index (χ3v) is 5.47. The summed E-state index contributed by atoms with van der Waals surface area (Å²) >= 11 is 1.59. The third-order valence-electron chi connectivity index (χ3n) is 4.52. The fourth-order valence-electron chi connectivity index (χ4n) is 2.74. The van der Waals surface area contributed by atoms with Crippen LogP contribution in [0.5, 0.6) is 0 Å². The van der Waals surface area contributed by atoms with Gasteiger partial charge in [0.2, 0.25) is 0 Å². The number of benzene rings is 2. The first-order chi connectivity index (χ1) is 13.8. The average molecular weight is 410 g/mol. The zero-order valence-electron chi connectivity index (χ0n) is 16.5. The Morgan fingerprint density at radius 1 is 1.14 bits per heavy atom. The Hall–Kier alpha value is -3.19. The van der Waals surface area contributed by atoms with Gasteiger partial charge in [0.15, 0.2) is 5.13 Å². The number of carbonyl (C=O) groups is 2. The van der Waals surface area contributed by atoms with Gasteiger partial charge in [-0.25, -0.2) is 4.98 Å². The molecule has 1 heterocycles. The van der Waals surface area contributed by atoms with E-state index in [0.29, 0.717) is 12.1 Å². The first-order valence-electron chi connectivity index (χ1n) is 9.20. The topological polar surface area (TPSA) is 82.5 Å². The highest BCUT2D eigenvalue weighted by Crippen LogP contribution is 2.27. The van der Waals surface area contributed by atoms with Crippen LogP contribution in [0.15, 0.2) is 53.9 Å². The van der Waals surface area contributed by atoms with Gasteiger partial charge < -0.3 is 15.3 Å². The summed E-state index contributed by atoms with van der Waals surface area (Å²) in [6, 6.07) is 14.5. The summed E-state index contributed by atoms with van der Waals surface area (Å²) in [5.41, 5.74) is 4.73. The highest BCUT2D eigenvalue weighted by molar-refractivity contribution is 7.14. The van der Waals surface area contributed by atoms with Crippen LogP contribution in [0.4, 0.5) is 5.13 Å². The maximum Gasteiger partial charge on any atom is 0.325 e. The maximum atomic E-state index is 12.1. The monoisotopic (exact) mass is 409 g/mol. The predicted molar refractivity (Wildman–Crippen MR) is 115 cm³/mol. The number of rotatable bonds is 7. The van der Waals surface area contributed by atoms with E-state index in [0.717, 1.165) is 22.0 Å². The second-order valence-corrected chi connectivity index (χ2v) is 7.80. The molecule has 0 aliphatic carbocycles. The number of hydrogen-bond donors (Lipinski definition) is 2. The summed E-state index contributed by atoms with van der Waals surface area (Å²) in [4.78, 5) is 29.7. The number of amides is 1. The van der Waals surface area contributed by atoms with Crippen molar-refractivity contribution < 1.29 is 14.7 Å². The van der Waals surface area contributed by atoms with E-state index in [9.17, 15) is 9.59 Å². The van der Waals surface area contributed by atoms with Gasteiger partial charge >= 0.3 is 5.97 Å². The van der Waals surface area contributed by atoms with Crippen LogP contribution in [0, 0.1) is 6.92 Å². The maximum absolute atomic E-state index is 12.1. The molecular weight excluding hydrogens is 386 g/mol. The van der Waals surface area contributed by atoms with Crippen molar-refractivity contribution in [2.75, 3.05) is 11.9 Å². The van der Waals surface area contributed by atoms with Gasteiger partial charge in [-0.1, -0.05) is 42.0 Å². The highest BCUT2D eigenvalue weighted by Gasteiger charge is 2.15. The van der Waals surface area contributed by atoms with Crippen LogP contribution >= 0.6 is 11.3 Å². The number of nitrogens with one attached hydrogen (secondary N) is 1. The van der Waals surface area contributed by atoms with Crippen LogP contribution in [0.2, 0.25) is 0 Å². The molecule has 2 N–H and O–H groups in total. The molecule has 1 amide bonds. The molecule has 0 fully saturated rings. The summed E-state index contributed by atoms with van der Waals surface area (Å²) in [6.07, 6.45) is 0. The molecule has 6 nitrogen and oxygen atoms in total. The quantitative estimate of drug-likeness (QED) is 0.617. The lowest BCUT2D eigenvalue weighted by Gasteiger charge is -2.16. The zero-order valence-corrected chi connectivity index (χ0v) is 17.4.